The van der Waals surface area contributed by atoms with Gasteiger partial charge in [0.15, 0.2) is 5.65 Å². The molecule has 0 unspecified atom stereocenters. The van der Waals surface area contributed by atoms with Gasteiger partial charge in [-0.3, -0.25) is 4.57 Å². The molecule has 4 nitrogen and oxygen atoms in total. The summed E-state index contributed by atoms with van der Waals surface area (Å²) >= 11 is 0. The summed E-state index contributed by atoms with van der Waals surface area (Å²) in [5.74, 6) is 1.28. The van der Waals surface area contributed by atoms with Crippen LogP contribution in [0.4, 0.5) is 5.95 Å². The maximum atomic E-state index is 6.07. The smallest absolute Gasteiger partial charge is 0.202 e. The predicted molar refractivity (Wildman–Crippen MR) is 68.7 cm³/mol. The number of hydrogen-bond donors (Lipinski definition) is 1. The molecular formula is C13H18N4. The van der Waals surface area contributed by atoms with E-state index in [0.29, 0.717) is 11.9 Å². The molecule has 1 fully saturated rings. The van der Waals surface area contributed by atoms with Gasteiger partial charge in [-0.25, -0.2) is 9.97 Å². The van der Waals surface area contributed by atoms with Crippen molar-refractivity contribution >= 4 is 17.1 Å². The topological polar surface area (TPSA) is 56.7 Å². The van der Waals surface area contributed by atoms with Gasteiger partial charge in [0.25, 0.3) is 0 Å². The first kappa shape index (κ1) is 10.6. The first-order valence-electron chi connectivity index (χ1n) is 6.12. The Bertz CT molecular complexity index is 578. The van der Waals surface area contributed by atoms with Crippen molar-refractivity contribution < 1.29 is 0 Å². The third-order valence-electron chi connectivity index (χ3n) is 3.82. The molecule has 90 valence electrons. The van der Waals surface area contributed by atoms with E-state index in [0.717, 1.165) is 16.9 Å². The van der Waals surface area contributed by atoms with Gasteiger partial charge in [0.1, 0.15) is 5.52 Å². The monoisotopic (exact) mass is 230 g/mol. The molecule has 4 heteroatoms. The van der Waals surface area contributed by atoms with E-state index in [1.54, 1.807) is 0 Å². The van der Waals surface area contributed by atoms with Gasteiger partial charge in [-0.1, -0.05) is 0 Å². The van der Waals surface area contributed by atoms with Gasteiger partial charge >= 0.3 is 0 Å². The Balaban J connectivity index is 2.27. The number of anilines is 1. The Labute approximate surface area is 101 Å². The number of nitrogens with two attached hydrogens (primary N) is 1. The van der Waals surface area contributed by atoms with Crippen LogP contribution < -0.4 is 5.73 Å². The van der Waals surface area contributed by atoms with E-state index in [2.05, 4.69) is 28.4 Å². The first-order chi connectivity index (χ1) is 8.00. The molecule has 0 aliphatic heterocycles. The summed E-state index contributed by atoms with van der Waals surface area (Å²) in [5.41, 5.74) is 8.89. The third kappa shape index (κ3) is 1.51. The molecule has 2 N–H and O–H groups in total. The Morgan fingerprint density at radius 3 is 2.65 bits per heavy atom. The van der Waals surface area contributed by atoms with Gasteiger partial charge in [0, 0.05) is 11.2 Å². The van der Waals surface area contributed by atoms with E-state index in [1.165, 1.54) is 12.8 Å². The highest BCUT2D eigenvalue weighted by Crippen LogP contribution is 2.45. The maximum Gasteiger partial charge on any atom is 0.202 e. The Kier molecular flexibility index (Phi) is 2.00. The molecule has 17 heavy (non-hydrogen) atoms. The van der Waals surface area contributed by atoms with Crippen molar-refractivity contribution in [1.29, 1.82) is 0 Å². The minimum absolute atomic E-state index is 0.0135. The van der Waals surface area contributed by atoms with E-state index in [4.69, 9.17) is 5.73 Å². The summed E-state index contributed by atoms with van der Waals surface area (Å²) in [7, 11) is 0. The van der Waals surface area contributed by atoms with Gasteiger partial charge in [0.05, 0.1) is 0 Å². The molecule has 2 heterocycles. The number of rotatable bonds is 2. The lowest BCUT2D eigenvalue weighted by Crippen LogP contribution is -2.30. The van der Waals surface area contributed by atoms with Crippen LogP contribution in [0.1, 0.15) is 32.4 Å². The lowest BCUT2D eigenvalue weighted by Gasteiger charge is -2.27. The summed E-state index contributed by atoms with van der Waals surface area (Å²) in [4.78, 5) is 9.00. The number of imidazole rings is 1. The zero-order valence-electron chi connectivity index (χ0n) is 10.6. The van der Waals surface area contributed by atoms with Gasteiger partial charge in [-0.15, -0.1) is 0 Å². The van der Waals surface area contributed by atoms with Crippen LogP contribution in [-0.2, 0) is 5.54 Å². The number of nitrogens with zero attached hydrogens (tertiary/aromatic N) is 3. The molecule has 0 bridgehead atoms. The van der Waals surface area contributed by atoms with Crippen molar-refractivity contribution in [2.75, 3.05) is 5.73 Å². The lowest BCUT2D eigenvalue weighted by atomic mass is 9.98. The van der Waals surface area contributed by atoms with Crippen LogP contribution in [0.3, 0.4) is 0 Å². The van der Waals surface area contributed by atoms with Crippen LogP contribution >= 0.6 is 0 Å². The largest absolute Gasteiger partial charge is 0.369 e. The number of hydrogen-bond acceptors (Lipinski definition) is 3. The average Bonchev–Trinajstić information content (AvgIpc) is 3.02. The highest BCUT2D eigenvalue weighted by atomic mass is 15.2. The van der Waals surface area contributed by atoms with Crippen molar-refractivity contribution in [3.63, 3.8) is 0 Å². The molecule has 2 aromatic rings. The zero-order chi connectivity index (χ0) is 12.2. The van der Waals surface area contributed by atoms with Crippen LogP contribution in [0.2, 0.25) is 0 Å². The summed E-state index contributed by atoms with van der Waals surface area (Å²) in [5, 5.41) is 0. The fraction of sp³-hybridized carbons (Fsp3) is 0.538. The minimum atomic E-state index is 0.0135. The molecule has 1 aliphatic carbocycles. The quantitative estimate of drug-likeness (QED) is 0.862. The molecule has 0 spiro atoms. The number of aryl methyl sites for hydroxylation is 1. The molecule has 0 radical (unpaired) electrons. The van der Waals surface area contributed by atoms with Crippen molar-refractivity contribution in [3.8, 4) is 0 Å². The highest BCUT2D eigenvalue weighted by Gasteiger charge is 2.41. The second-order valence-electron chi connectivity index (χ2n) is 5.53. The van der Waals surface area contributed by atoms with Crippen molar-refractivity contribution in [1.82, 2.24) is 14.5 Å². The van der Waals surface area contributed by atoms with Gasteiger partial charge in [-0.2, -0.15) is 0 Å². The maximum absolute atomic E-state index is 6.07. The second-order valence-corrected chi connectivity index (χ2v) is 5.53. The van der Waals surface area contributed by atoms with Crippen LogP contribution in [0.25, 0.3) is 11.2 Å². The lowest BCUT2D eigenvalue weighted by molar-refractivity contribution is 0.316. The third-order valence-corrected chi connectivity index (χ3v) is 3.82. The molecule has 0 amide bonds. The average molecular weight is 230 g/mol. The molecule has 1 aliphatic rings. The fourth-order valence-electron chi connectivity index (χ4n) is 2.61. The summed E-state index contributed by atoms with van der Waals surface area (Å²) in [6.45, 7) is 6.45. The minimum Gasteiger partial charge on any atom is -0.369 e. The van der Waals surface area contributed by atoms with Crippen molar-refractivity contribution in [2.24, 2.45) is 5.92 Å². The predicted octanol–water partition coefficient (Wildman–Crippen LogP) is 2.47. The number of aromatic nitrogens is 3. The van der Waals surface area contributed by atoms with E-state index < -0.39 is 0 Å². The standard InChI is InChI=1S/C13H18N4/c1-8-4-7-10-11(15-8)17(12(14)16-10)13(2,3)9-5-6-9/h4,7,9H,5-6H2,1-3H3,(H2,14,16). The summed E-state index contributed by atoms with van der Waals surface area (Å²) in [6.07, 6.45) is 2.55. The molecule has 0 atom stereocenters. The first-order valence-corrected chi connectivity index (χ1v) is 6.12. The molecule has 1 saturated carbocycles. The molecule has 0 aromatic carbocycles. The fourth-order valence-corrected chi connectivity index (χ4v) is 2.61. The Hall–Kier alpha value is -1.58. The van der Waals surface area contributed by atoms with Gasteiger partial charge in [0.2, 0.25) is 5.95 Å². The Morgan fingerprint density at radius 1 is 1.29 bits per heavy atom. The zero-order valence-corrected chi connectivity index (χ0v) is 10.6. The van der Waals surface area contributed by atoms with Crippen LogP contribution in [-0.4, -0.2) is 14.5 Å². The van der Waals surface area contributed by atoms with Gasteiger partial charge < -0.3 is 5.73 Å². The number of pyridine rings is 1. The molecular weight excluding hydrogens is 212 g/mol. The van der Waals surface area contributed by atoms with E-state index in [-0.39, 0.29) is 5.54 Å². The summed E-state index contributed by atoms with van der Waals surface area (Å²) in [6, 6.07) is 3.97. The Morgan fingerprint density at radius 2 is 2.00 bits per heavy atom. The number of nitrogen functional groups attached to an aromatic ring is 1. The molecule has 2 aromatic heterocycles. The molecule has 0 saturated heterocycles. The number of fused-ring (bicyclic) bond motifs is 1. The van der Waals surface area contributed by atoms with Crippen LogP contribution in [0.5, 0.6) is 0 Å². The van der Waals surface area contributed by atoms with Crippen LogP contribution in [0, 0.1) is 12.8 Å². The van der Waals surface area contributed by atoms with E-state index in [1.807, 2.05) is 19.1 Å². The van der Waals surface area contributed by atoms with Crippen molar-refractivity contribution in [3.05, 3.63) is 17.8 Å². The SMILES string of the molecule is Cc1ccc2nc(N)n(C(C)(C)C3CC3)c2n1. The normalized spacial score (nSPS) is 16.6. The molecule has 3 rings (SSSR count). The van der Waals surface area contributed by atoms with Crippen molar-refractivity contribution in [2.45, 2.75) is 39.2 Å². The van der Waals surface area contributed by atoms with E-state index in [9.17, 15) is 0 Å². The van der Waals surface area contributed by atoms with Crippen LogP contribution in [0.15, 0.2) is 12.1 Å². The van der Waals surface area contributed by atoms with Gasteiger partial charge in [-0.05, 0) is 51.7 Å². The van der Waals surface area contributed by atoms with E-state index >= 15 is 0 Å². The summed E-state index contributed by atoms with van der Waals surface area (Å²) < 4.78 is 2.10. The second kappa shape index (κ2) is 3.22. The highest BCUT2D eigenvalue weighted by molar-refractivity contribution is 5.74.